The molecule has 0 spiro atoms. The lowest BCUT2D eigenvalue weighted by Crippen LogP contribution is -2.38. The van der Waals surface area contributed by atoms with Crippen molar-refractivity contribution in [3.8, 4) is 0 Å². The van der Waals surface area contributed by atoms with E-state index >= 15 is 0 Å². The van der Waals surface area contributed by atoms with Gasteiger partial charge in [0.1, 0.15) is 0 Å². The summed E-state index contributed by atoms with van der Waals surface area (Å²) in [6, 6.07) is 1.22. The SMILES string of the molecule is CCC(CSC)NC(C)CCOC. The normalized spacial score (nSPS) is 15.7. The molecule has 0 rings (SSSR count). The van der Waals surface area contributed by atoms with Gasteiger partial charge in [0.05, 0.1) is 0 Å². The van der Waals surface area contributed by atoms with Crippen molar-refractivity contribution >= 4 is 11.8 Å². The Kier molecular flexibility index (Phi) is 9.03. The molecule has 0 aromatic heterocycles. The molecule has 0 saturated carbocycles. The average molecular weight is 205 g/mol. The van der Waals surface area contributed by atoms with E-state index in [-0.39, 0.29) is 0 Å². The lowest BCUT2D eigenvalue weighted by atomic mass is 10.2. The van der Waals surface area contributed by atoms with Crippen molar-refractivity contribution in [2.75, 3.05) is 25.7 Å². The molecular weight excluding hydrogens is 182 g/mol. The number of methoxy groups -OCH3 is 1. The zero-order valence-corrected chi connectivity index (χ0v) is 10.1. The minimum atomic E-state index is 0.567. The Hall–Kier alpha value is 0.270. The molecule has 2 atom stereocenters. The third-order valence-corrected chi connectivity index (χ3v) is 2.87. The molecule has 0 aromatic carbocycles. The van der Waals surface area contributed by atoms with Gasteiger partial charge in [-0.3, -0.25) is 0 Å². The number of ether oxygens (including phenoxy) is 1. The van der Waals surface area contributed by atoms with E-state index in [0.29, 0.717) is 12.1 Å². The summed E-state index contributed by atoms with van der Waals surface area (Å²) in [6.45, 7) is 5.31. The Morgan fingerprint density at radius 3 is 2.62 bits per heavy atom. The minimum Gasteiger partial charge on any atom is -0.385 e. The monoisotopic (exact) mass is 205 g/mol. The molecular formula is C10H23NOS. The van der Waals surface area contributed by atoms with Crippen LogP contribution < -0.4 is 5.32 Å². The molecule has 2 nitrogen and oxygen atoms in total. The topological polar surface area (TPSA) is 21.3 Å². The first-order chi connectivity index (χ1) is 6.24. The van der Waals surface area contributed by atoms with Crippen LogP contribution >= 0.6 is 11.8 Å². The summed E-state index contributed by atoms with van der Waals surface area (Å²) in [4.78, 5) is 0. The first-order valence-corrected chi connectivity index (χ1v) is 6.37. The fourth-order valence-corrected chi connectivity index (χ4v) is 2.00. The summed E-state index contributed by atoms with van der Waals surface area (Å²) in [5, 5.41) is 3.60. The van der Waals surface area contributed by atoms with E-state index in [9.17, 15) is 0 Å². The molecule has 0 heterocycles. The fraction of sp³-hybridized carbons (Fsp3) is 1.00. The number of nitrogens with one attached hydrogen (secondary N) is 1. The van der Waals surface area contributed by atoms with Crippen LogP contribution in [0.4, 0.5) is 0 Å². The van der Waals surface area contributed by atoms with Gasteiger partial charge in [-0.1, -0.05) is 6.92 Å². The maximum atomic E-state index is 5.04. The van der Waals surface area contributed by atoms with Crippen molar-refractivity contribution in [1.29, 1.82) is 0 Å². The molecule has 80 valence electrons. The van der Waals surface area contributed by atoms with Crippen LogP contribution in [0.15, 0.2) is 0 Å². The molecule has 0 aliphatic carbocycles. The zero-order chi connectivity index (χ0) is 10.1. The Morgan fingerprint density at radius 1 is 1.46 bits per heavy atom. The second-order valence-electron chi connectivity index (χ2n) is 3.41. The van der Waals surface area contributed by atoms with Crippen molar-refractivity contribution in [3.05, 3.63) is 0 Å². The Morgan fingerprint density at radius 2 is 2.15 bits per heavy atom. The largest absolute Gasteiger partial charge is 0.385 e. The van der Waals surface area contributed by atoms with Crippen molar-refractivity contribution in [3.63, 3.8) is 0 Å². The highest BCUT2D eigenvalue weighted by molar-refractivity contribution is 7.98. The van der Waals surface area contributed by atoms with Gasteiger partial charge >= 0.3 is 0 Å². The van der Waals surface area contributed by atoms with Gasteiger partial charge in [-0.05, 0) is 26.0 Å². The van der Waals surface area contributed by atoms with Crippen LogP contribution in [0.25, 0.3) is 0 Å². The predicted octanol–water partition coefficient (Wildman–Crippen LogP) is 2.14. The molecule has 2 unspecified atom stereocenters. The molecule has 0 aliphatic rings. The highest BCUT2D eigenvalue weighted by atomic mass is 32.2. The molecule has 3 heteroatoms. The number of hydrogen-bond donors (Lipinski definition) is 1. The second-order valence-corrected chi connectivity index (χ2v) is 4.32. The lowest BCUT2D eigenvalue weighted by Gasteiger charge is -2.21. The molecule has 0 aliphatic heterocycles. The van der Waals surface area contributed by atoms with Gasteiger partial charge in [0.15, 0.2) is 0 Å². The summed E-state index contributed by atoms with van der Waals surface area (Å²) < 4.78 is 5.04. The van der Waals surface area contributed by atoms with E-state index in [1.165, 1.54) is 12.2 Å². The molecule has 1 N–H and O–H groups in total. The number of rotatable bonds is 8. The van der Waals surface area contributed by atoms with Crippen molar-refractivity contribution < 1.29 is 4.74 Å². The smallest absolute Gasteiger partial charge is 0.0476 e. The Labute approximate surface area is 86.8 Å². The van der Waals surface area contributed by atoms with Crippen LogP contribution in [0, 0.1) is 0 Å². The molecule has 0 fully saturated rings. The van der Waals surface area contributed by atoms with E-state index in [1.807, 2.05) is 11.8 Å². The lowest BCUT2D eigenvalue weighted by molar-refractivity contribution is 0.183. The van der Waals surface area contributed by atoms with Gasteiger partial charge in [0.2, 0.25) is 0 Å². The summed E-state index contributed by atoms with van der Waals surface area (Å²) in [7, 11) is 1.76. The first kappa shape index (κ1) is 13.3. The third kappa shape index (κ3) is 7.35. The number of hydrogen-bond acceptors (Lipinski definition) is 3. The van der Waals surface area contributed by atoms with Gasteiger partial charge in [0, 0.05) is 31.6 Å². The number of thioether (sulfide) groups is 1. The van der Waals surface area contributed by atoms with Crippen molar-refractivity contribution in [2.24, 2.45) is 0 Å². The van der Waals surface area contributed by atoms with Crippen LogP contribution in [-0.2, 0) is 4.74 Å². The van der Waals surface area contributed by atoms with E-state index < -0.39 is 0 Å². The fourth-order valence-electron chi connectivity index (χ4n) is 1.27. The van der Waals surface area contributed by atoms with Gasteiger partial charge in [-0.15, -0.1) is 0 Å². The maximum Gasteiger partial charge on any atom is 0.0476 e. The maximum absolute atomic E-state index is 5.04. The third-order valence-electron chi connectivity index (χ3n) is 2.14. The van der Waals surface area contributed by atoms with Crippen molar-refractivity contribution in [2.45, 2.75) is 38.8 Å². The van der Waals surface area contributed by atoms with E-state index in [1.54, 1.807) is 7.11 Å². The van der Waals surface area contributed by atoms with Crippen LogP contribution in [0.1, 0.15) is 26.7 Å². The van der Waals surface area contributed by atoms with Crippen LogP contribution in [-0.4, -0.2) is 37.8 Å². The highest BCUT2D eigenvalue weighted by Gasteiger charge is 2.08. The van der Waals surface area contributed by atoms with Crippen LogP contribution in [0.2, 0.25) is 0 Å². The first-order valence-electron chi connectivity index (χ1n) is 4.98. The molecule has 0 amide bonds. The summed E-state index contributed by atoms with van der Waals surface area (Å²) >= 11 is 1.91. The van der Waals surface area contributed by atoms with Crippen LogP contribution in [0.5, 0.6) is 0 Å². The van der Waals surface area contributed by atoms with Gasteiger partial charge in [0.25, 0.3) is 0 Å². The molecule has 0 radical (unpaired) electrons. The van der Waals surface area contributed by atoms with E-state index in [0.717, 1.165) is 13.0 Å². The van der Waals surface area contributed by atoms with Crippen molar-refractivity contribution in [1.82, 2.24) is 5.32 Å². The van der Waals surface area contributed by atoms with Gasteiger partial charge in [-0.2, -0.15) is 11.8 Å². The summed E-state index contributed by atoms with van der Waals surface area (Å²) in [5.41, 5.74) is 0. The van der Waals surface area contributed by atoms with E-state index in [4.69, 9.17) is 4.74 Å². The summed E-state index contributed by atoms with van der Waals surface area (Å²) in [6.07, 6.45) is 4.46. The highest BCUT2D eigenvalue weighted by Crippen LogP contribution is 2.03. The van der Waals surface area contributed by atoms with E-state index in [2.05, 4.69) is 25.4 Å². The minimum absolute atomic E-state index is 0.567. The standard InChI is InChI=1S/C10H23NOS/c1-5-10(8-13-4)11-9(2)6-7-12-3/h9-11H,5-8H2,1-4H3. The summed E-state index contributed by atoms with van der Waals surface area (Å²) in [5.74, 6) is 1.20. The predicted molar refractivity (Wildman–Crippen MR) is 61.6 cm³/mol. The van der Waals surface area contributed by atoms with Gasteiger partial charge in [-0.25, -0.2) is 0 Å². The Bertz CT molecular complexity index is 111. The average Bonchev–Trinajstić information content (AvgIpc) is 2.14. The Balaban J connectivity index is 3.53. The molecule has 0 bridgehead atoms. The van der Waals surface area contributed by atoms with Crippen LogP contribution in [0.3, 0.4) is 0 Å². The second kappa shape index (κ2) is 8.85. The molecule has 13 heavy (non-hydrogen) atoms. The quantitative estimate of drug-likeness (QED) is 0.656. The molecule has 0 aromatic rings. The van der Waals surface area contributed by atoms with Gasteiger partial charge < -0.3 is 10.1 Å². The zero-order valence-electron chi connectivity index (χ0n) is 9.30. The molecule has 0 saturated heterocycles.